The van der Waals surface area contributed by atoms with Crippen molar-refractivity contribution < 1.29 is 19.1 Å². The maximum absolute atomic E-state index is 13.1. The predicted molar refractivity (Wildman–Crippen MR) is 120 cm³/mol. The summed E-state index contributed by atoms with van der Waals surface area (Å²) in [6.45, 7) is 1.78. The molecule has 1 aliphatic heterocycles. The van der Waals surface area contributed by atoms with E-state index in [0.717, 1.165) is 5.69 Å². The number of aryl methyl sites for hydroxylation is 1. The standard InChI is InChI=1S/C24H21ClN2O4/c1-14-7-12-19(31-14)21-20(22(28)15-5-4-6-16(25)13-15)23(29)24(30)27(21)18-10-8-17(9-11-18)26(2)3/h4-13,21,28H,1-3H3/b22-20-. The van der Waals surface area contributed by atoms with Crippen LogP contribution in [0.1, 0.15) is 23.1 Å². The van der Waals surface area contributed by atoms with Crippen molar-refractivity contribution in [2.75, 3.05) is 23.9 Å². The highest BCUT2D eigenvalue weighted by Gasteiger charge is 2.48. The van der Waals surface area contributed by atoms with Crippen LogP contribution in [-0.4, -0.2) is 30.9 Å². The van der Waals surface area contributed by atoms with Crippen LogP contribution < -0.4 is 9.80 Å². The van der Waals surface area contributed by atoms with Crippen molar-refractivity contribution in [3.8, 4) is 0 Å². The van der Waals surface area contributed by atoms with Crippen molar-refractivity contribution >= 4 is 40.4 Å². The minimum Gasteiger partial charge on any atom is -0.507 e. The van der Waals surface area contributed by atoms with E-state index in [9.17, 15) is 14.7 Å². The van der Waals surface area contributed by atoms with E-state index in [2.05, 4.69) is 0 Å². The van der Waals surface area contributed by atoms with Gasteiger partial charge in [-0.3, -0.25) is 14.5 Å². The summed E-state index contributed by atoms with van der Waals surface area (Å²) in [5.41, 5.74) is 1.78. The molecule has 1 saturated heterocycles. The van der Waals surface area contributed by atoms with Crippen LogP contribution in [0, 0.1) is 6.92 Å². The Hall–Kier alpha value is -3.51. The topological polar surface area (TPSA) is 74.0 Å². The van der Waals surface area contributed by atoms with Crippen molar-refractivity contribution in [1.29, 1.82) is 0 Å². The van der Waals surface area contributed by atoms with E-state index in [1.54, 1.807) is 55.5 Å². The third-order valence-electron chi connectivity index (χ3n) is 5.22. The summed E-state index contributed by atoms with van der Waals surface area (Å²) in [5.74, 6) is -0.802. The lowest BCUT2D eigenvalue weighted by atomic mass is 9.99. The van der Waals surface area contributed by atoms with Gasteiger partial charge in [0.15, 0.2) is 0 Å². The fraction of sp³-hybridized carbons (Fsp3) is 0.167. The maximum Gasteiger partial charge on any atom is 0.300 e. The van der Waals surface area contributed by atoms with Crippen molar-refractivity contribution in [3.05, 3.63) is 88.3 Å². The van der Waals surface area contributed by atoms with Crippen LogP contribution >= 0.6 is 11.6 Å². The molecule has 3 aromatic rings. The van der Waals surface area contributed by atoms with Gasteiger partial charge < -0.3 is 14.4 Å². The number of carbonyl (C=O) groups excluding carboxylic acids is 2. The summed E-state index contributed by atoms with van der Waals surface area (Å²) in [5, 5.41) is 11.4. The smallest absolute Gasteiger partial charge is 0.300 e. The van der Waals surface area contributed by atoms with Gasteiger partial charge in [0.1, 0.15) is 23.3 Å². The second-order valence-electron chi connectivity index (χ2n) is 7.54. The zero-order valence-electron chi connectivity index (χ0n) is 17.3. The highest BCUT2D eigenvalue weighted by atomic mass is 35.5. The molecule has 0 bridgehead atoms. The van der Waals surface area contributed by atoms with Crippen LogP contribution in [0.15, 0.2) is 70.7 Å². The molecule has 0 saturated carbocycles. The second-order valence-corrected chi connectivity index (χ2v) is 7.98. The Morgan fingerprint density at radius 1 is 1.06 bits per heavy atom. The van der Waals surface area contributed by atoms with Gasteiger partial charge in [0.25, 0.3) is 11.7 Å². The van der Waals surface area contributed by atoms with E-state index in [4.69, 9.17) is 16.0 Å². The third-order valence-corrected chi connectivity index (χ3v) is 5.45. The molecule has 2 aromatic carbocycles. The molecular formula is C24H21ClN2O4. The zero-order chi connectivity index (χ0) is 22.3. The summed E-state index contributed by atoms with van der Waals surface area (Å²) in [4.78, 5) is 29.4. The lowest BCUT2D eigenvalue weighted by Gasteiger charge is -2.24. The Kier molecular flexibility index (Phi) is 5.33. The molecule has 1 atom stereocenters. The Balaban J connectivity index is 1.90. The van der Waals surface area contributed by atoms with E-state index in [0.29, 0.717) is 27.8 Å². The first-order valence-electron chi connectivity index (χ1n) is 9.68. The number of amides is 1. The summed E-state index contributed by atoms with van der Waals surface area (Å²) < 4.78 is 5.79. The second kappa shape index (κ2) is 7.96. The van der Waals surface area contributed by atoms with Gasteiger partial charge in [0.2, 0.25) is 0 Å². The minimum absolute atomic E-state index is 0.0432. The molecule has 158 valence electrons. The Bertz CT molecular complexity index is 1190. The molecule has 7 heteroatoms. The number of rotatable bonds is 4. The number of aliphatic hydroxyl groups is 1. The molecule has 1 unspecified atom stereocenters. The fourth-order valence-corrected chi connectivity index (χ4v) is 3.86. The summed E-state index contributed by atoms with van der Waals surface area (Å²) in [6, 6.07) is 16.3. The number of anilines is 2. The molecule has 1 aromatic heterocycles. The van der Waals surface area contributed by atoms with Crippen molar-refractivity contribution in [2.24, 2.45) is 0 Å². The number of ketones is 1. The quantitative estimate of drug-likeness (QED) is 0.356. The molecular weight excluding hydrogens is 416 g/mol. The average molecular weight is 437 g/mol. The van der Waals surface area contributed by atoms with Crippen LogP contribution in [0.4, 0.5) is 11.4 Å². The molecule has 4 rings (SSSR count). The average Bonchev–Trinajstić information content (AvgIpc) is 3.28. The Labute approximate surface area is 185 Å². The lowest BCUT2D eigenvalue weighted by Crippen LogP contribution is -2.29. The van der Waals surface area contributed by atoms with Gasteiger partial charge in [-0.1, -0.05) is 23.7 Å². The fourth-order valence-electron chi connectivity index (χ4n) is 3.67. The molecule has 0 aliphatic carbocycles. The zero-order valence-corrected chi connectivity index (χ0v) is 18.1. The number of nitrogens with zero attached hydrogens (tertiary/aromatic N) is 2. The summed E-state index contributed by atoms with van der Waals surface area (Å²) >= 11 is 6.06. The van der Waals surface area contributed by atoms with E-state index < -0.39 is 17.7 Å². The first-order chi connectivity index (χ1) is 14.8. The van der Waals surface area contributed by atoms with Crippen LogP contribution in [-0.2, 0) is 9.59 Å². The molecule has 0 radical (unpaired) electrons. The minimum atomic E-state index is -0.905. The van der Waals surface area contributed by atoms with E-state index >= 15 is 0 Å². The van der Waals surface area contributed by atoms with Gasteiger partial charge in [-0.2, -0.15) is 0 Å². The predicted octanol–water partition coefficient (Wildman–Crippen LogP) is 4.93. The first-order valence-corrected chi connectivity index (χ1v) is 10.1. The SMILES string of the molecule is Cc1ccc(C2/C(=C(/O)c3cccc(Cl)c3)C(=O)C(=O)N2c2ccc(N(C)C)cc2)o1. The number of hydrogen-bond donors (Lipinski definition) is 1. The van der Waals surface area contributed by atoms with E-state index in [-0.39, 0.29) is 11.3 Å². The van der Waals surface area contributed by atoms with Crippen molar-refractivity contribution in [1.82, 2.24) is 0 Å². The van der Waals surface area contributed by atoms with Crippen LogP contribution in [0.2, 0.25) is 5.02 Å². The summed E-state index contributed by atoms with van der Waals surface area (Å²) in [6.07, 6.45) is 0. The van der Waals surface area contributed by atoms with Gasteiger partial charge >= 0.3 is 0 Å². The van der Waals surface area contributed by atoms with Crippen LogP contribution in [0.5, 0.6) is 0 Å². The first kappa shape index (κ1) is 20.8. The molecule has 31 heavy (non-hydrogen) atoms. The van der Waals surface area contributed by atoms with Crippen LogP contribution in [0.25, 0.3) is 5.76 Å². The van der Waals surface area contributed by atoms with Crippen molar-refractivity contribution in [2.45, 2.75) is 13.0 Å². The molecule has 1 fully saturated rings. The normalized spacial score (nSPS) is 17.9. The van der Waals surface area contributed by atoms with E-state index in [1.165, 1.54) is 4.90 Å². The Morgan fingerprint density at radius 3 is 2.35 bits per heavy atom. The number of furan rings is 1. The Morgan fingerprint density at radius 2 is 1.77 bits per heavy atom. The van der Waals surface area contributed by atoms with Gasteiger partial charge in [0, 0.05) is 36.1 Å². The number of Topliss-reactive ketones (excluding diaryl/α,β-unsaturated/α-hetero) is 1. The number of carbonyl (C=O) groups is 2. The maximum atomic E-state index is 13.1. The van der Waals surface area contributed by atoms with Gasteiger partial charge in [-0.05, 0) is 55.5 Å². The molecule has 2 heterocycles. The largest absolute Gasteiger partial charge is 0.507 e. The molecule has 1 aliphatic rings. The molecule has 1 amide bonds. The highest BCUT2D eigenvalue weighted by molar-refractivity contribution is 6.51. The molecule has 6 nitrogen and oxygen atoms in total. The van der Waals surface area contributed by atoms with Gasteiger partial charge in [-0.15, -0.1) is 0 Å². The lowest BCUT2D eigenvalue weighted by molar-refractivity contribution is -0.132. The number of aliphatic hydroxyl groups excluding tert-OH is 1. The summed E-state index contributed by atoms with van der Waals surface area (Å²) in [7, 11) is 3.83. The van der Waals surface area contributed by atoms with E-state index in [1.807, 2.05) is 31.1 Å². The number of hydrogen-bond acceptors (Lipinski definition) is 5. The number of halogens is 1. The van der Waals surface area contributed by atoms with Crippen molar-refractivity contribution in [3.63, 3.8) is 0 Å². The number of benzene rings is 2. The molecule has 1 N–H and O–H groups in total. The van der Waals surface area contributed by atoms with Crippen LogP contribution in [0.3, 0.4) is 0 Å². The van der Waals surface area contributed by atoms with Gasteiger partial charge in [0.05, 0.1) is 5.57 Å². The van der Waals surface area contributed by atoms with Gasteiger partial charge in [-0.25, -0.2) is 0 Å². The molecule has 0 spiro atoms. The monoisotopic (exact) mass is 436 g/mol. The third kappa shape index (κ3) is 3.70. The highest BCUT2D eigenvalue weighted by Crippen LogP contribution is 2.43.